The number of aromatic nitrogens is 2. The first kappa shape index (κ1) is 9.39. The van der Waals surface area contributed by atoms with Crippen molar-refractivity contribution < 1.29 is 4.79 Å². The second-order valence-corrected chi connectivity index (χ2v) is 4.23. The summed E-state index contributed by atoms with van der Waals surface area (Å²) >= 11 is 1.49. The van der Waals surface area contributed by atoms with Crippen LogP contribution in [0.4, 0.5) is 9.93 Å². The molecule has 5 nitrogen and oxygen atoms in total. The van der Waals surface area contributed by atoms with Crippen molar-refractivity contribution in [1.82, 2.24) is 15.1 Å². The number of hydrogen-bond donors (Lipinski definition) is 0. The Bertz CT molecular complexity index is 351. The number of nitrogens with zero attached hydrogens (tertiary/aromatic N) is 4. The first-order valence-corrected chi connectivity index (χ1v) is 5.39. The van der Waals surface area contributed by atoms with Crippen LogP contribution in [-0.4, -0.2) is 41.3 Å². The number of amides is 2. The van der Waals surface area contributed by atoms with Crippen LogP contribution < -0.4 is 4.90 Å². The lowest BCUT2D eigenvalue weighted by molar-refractivity contribution is 0.229. The Labute approximate surface area is 86.3 Å². The van der Waals surface area contributed by atoms with Crippen LogP contribution in [0.15, 0.2) is 0 Å². The quantitative estimate of drug-likeness (QED) is 0.734. The van der Waals surface area contributed by atoms with Gasteiger partial charge in [0, 0.05) is 20.1 Å². The maximum atomic E-state index is 11.6. The van der Waals surface area contributed by atoms with Gasteiger partial charge in [0.1, 0.15) is 5.01 Å². The van der Waals surface area contributed by atoms with Crippen LogP contribution >= 0.6 is 11.3 Å². The molecule has 14 heavy (non-hydrogen) atoms. The molecule has 1 aliphatic rings. The molecule has 0 unspecified atom stereocenters. The Hall–Kier alpha value is -1.17. The van der Waals surface area contributed by atoms with E-state index < -0.39 is 0 Å². The number of rotatable bonds is 2. The first-order chi connectivity index (χ1) is 6.72. The zero-order chi connectivity index (χ0) is 10.1. The summed E-state index contributed by atoms with van der Waals surface area (Å²) in [7, 11) is 1.80. The number of carbonyl (C=O) groups is 1. The van der Waals surface area contributed by atoms with E-state index in [9.17, 15) is 4.79 Å². The fraction of sp³-hybridized carbons (Fsp3) is 0.625. The van der Waals surface area contributed by atoms with Gasteiger partial charge in [0.15, 0.2) is 0 Å². The van der Waals surface area contributed by atoms with Gasteiger partial charge in [0.05, 0.1) is 0 Å². The van der Waals surface area contributed by atoms with Crippen molar-refractivity contribution >= 4 is 22.5 Å². The molecule has 1 fully saturated rings. The molecule has 2 rings (SSSR count). The Morgan fingerprint density at radius 3 is 2.71 bits per heavy atom. The molecule has 1 aromatic heterocycles. The van der Waals surface area contributed by atoms with Crippen molar-refractivity contribution in [3.05, 3.63) is 5.01 Å². The summed E-state index contributed by atoms with van der Waals surface area (Å²) in [5.74, 6) is 0. The molecule has 6 heteroatoms. The lowest BCUT2D eigenvalue weighted by atomic mass is 10.5. The summed E-state index contributed by atoms with van der Waals surface area (Å²) in [6.45, 7) is 3.51. The van der Waals surface area contributed by atoms with Crippen molar-refractivity contribution in [2.75, 3.05) is 25.0 Å². The van der Waals surface area contributed by atoms with Gasteiger partial charge >= 0.3 is 6.03 Å². The van der Waals surface area contributed by atoms with Gasteiger partial charge in [-0.2, -0.15) is 0 Å². The SMILES string of the molecule is CCc1nnc(N2CCN(C)C2=O)s1. The average molecular weight is 212 g/mol. The van der Waals surface area contributed by atoms with Crippen LogP contribution in [0.1, 0.15) is 11.9 Å². The lowest BCUT2D eigenvalue weighted by Crippen LogP contribution is -2.29. The Morgan fingerprint density at radius 2 is 2.21 bits per heavy atom. The molecule has 0 aliphatic carbocycles. The van der Waals surface area contributed by atoms with Gasteiger partial charge in [-0.1, -0.05) is 18.3 Å². The largest absolute Gasteiger partial charge is 0.326 e. The number of hydrogen-bond acceptors (Lipinski definition) is 4. The summed E-state index contributed by atoms with van der Waals surface area (Å²) in [5.41, 5.74) is 0. The highest BCUT2D eigenvalue weighted by molar-refractivity contribution is 7.15. The van der Waals surface area contributed by atoms with E-state index in [0.29, 0.717) is 6.54 Å². The van der Waals surface area contributed by atoms with Crippen LogP contribution in [-0.2, 0) is 6.42 Å². The Balaban J connectivity index is 2.19. The Morgan fingerprint density at radius 1 is 1.43 bits per heavy atom. The van der Waals surface area contributed by atoms with E-state index in [1.165, 1.54) is 11.3 Å². The fourth-order valence-electron chi connectivity index (χ4n) is 1.32. The van der Waals surface area contributed by atoms with Gasteiger partial charge < -0.3 is 4.90 Å². The summed E-state index contributed by atoms with van der Waals surface area (Å²) in [4.78, 5) is 15.0. The summed E-state index contributed by atoms with van der Waals surface area (Å²) in [6.07, 6.45) is 0.871. The number of anilines is 1. The highest BCUT2D eigenvalue weighted by Crippen LogP contribution is 2.23. The molecule has 0 N–H and O–H groups in total. The predicted octanol–water partition coefficient (Wildman–Crippen LogP) is 0.972. The van der Waals surface area contributed by atoms with Crippen molar-refractivity contribution in [2.45, 2.75) is 13.3 Å². The lowest BCUT2D eigenvalue weighted by Gasteiger charge is -2.10. The van der Waals surface area contributed by atoms with Crippen LogP contribution in [0, 0.1) is 0 Å². The average Bonchev–Trinajstić information content (AvgIpc) is 2.75. The second-order valence-electron chi connectivity index (χ2n) is 3.19. The van der Waals surface area contributed by atoms with E-state index in [1.54, 1.807) is 16.8 Å². The number of carbonyl (C=O) groups excluding carboxylic acids is 1. The Kier molecular flexibility index (Phi) is 2.37. The molecule has 1 aliphatic heterocycles. The third-order valence-corrected chi connectivity index (χ3v) is 3.30. The molecule has 0 atom stereocenters. The van der Waals surface area contributed by atoms with Gasteiger partial charge in [0.25, 0.3) is 0 Å². The van der Waals surface area contributed by atoms with E-state index in [-0.39, 0.29) is 6.03 Å². The highest BCUT2D eigenvalue weighted by atomic mass is 32.1. The molecule has 0 aromatic carbocycles. The van der Waals surface area contributed by atoms with Crippen LogP contribution in [0.3, 0.4) is 0 Å². The summed E-state index contributed by atoms with van der Waals surface area (Å²) < 4.78 is 0. The first-order valence-electron chi connectivity index (χ1n) is 4.57. The van der Waals surface area contributed by atoms with Crippen molar-refractivity contribution in [3.8, 4) is 0 Å². The van der Waals surface area contributed by atoms with E-state index in [1.807, 2.05) is 6.92 Å². The highest BCUT2D eigenvalue weighted by Gasteiger charge is 2.28. The molecule has 1 aromatic rings. The molecule has 0 saturated carbocycles. The molecular weight excluding hydrogens is 200 g/mol. The number of aryl methyl sites for hydroxylation is 1. The minimum Gasteiger partial charge on any atom is -0.326 e. The summed E-state index contributed by atoms with van der Waals surface area (Å²) in [6, 6.07) is 0.0174. The van der Waals surface area contributed by atoms with Crippen molar-refractivity contribution in [2.24, 2.45) is 0 Å². The topological polar surface area (TPSA) is 49.3 Å². The third-order valence-electron chi connectivity index (χ3n) is 2.21. The molecular formula is C8H12N4OS. The van der Waals surface area contributed by atoms with Gasteiger partial charge in [-0.15, -0.1) is 10.2 Å². The van der Waals surface area contributed by atoms with Gasteiger partial charge in [0.2, 0.25) is 5.13 Å². The summed E-state index contributed by atoms with van der Waals surface area (Å²) in [5, 5.41) is 9.69. The van der Waals surface area contributed by atoms with Crippen LogP contribution in [0.2, 0.25) is 0 Å². The standard InChI is InChI=1S/C8H12N4OS/c1-3-6-9-10-7(14-6)12-5-4-11(2)8(12)13/h3-5H2,1-2H3. The molecule has 0 spiro atoms. The van der Waals surface area contributed by atoms with Crippen molar-refractivity contribution in [1.29, 1.82) is 0 Å². The second kappa shape index (κ2) is 3.53. The van der Waals surface area contributed by atoms with E-state index >= 15 is 0 Å². The van der Waals surface area contributed by atoms with E-state index in [4.69, 9.17) is 0 Å². The number of likely N-dealkylation sites (N-methyl/N-ethyl adjacent to an activating group) is 1. The minimum atomic E-state index is 0.0174. The zero-order valence-electron chi connectivity index (χ0n) is 8.23. The smallest absolute Gasteiger partial charge is 0.326 e. The van der Waals surface area contributed by atoms with E-state index in [0.717, 1.165) is 23.1 Å². The fourth-order valence-corrected chi connectivity index (χ4v) is 2.12. The molecule has 2 amide bonds. The minimum absolute atomic E-state index is 0.0174. The molecule has 0 radical (unpaired) electrons. The van der Waals surface area contributed by atoms with E-state index in [2.05, 4.69) is 10.2 Å². The predicted molar refractivity (Wildman–Crippen MR) is 54.7 cm³/mol. The van der Waals surface area contributed by atoms with Gasteiger partial charge in [-0.3, -0.25) is 4.90 Å². The zero-order valence-corrected chi connectivity index (χ0v) is 9.04. The molecule has 1 saturated heterocycles. The molecule has 0 bridgehead atoms. The maximum Gasteiger partial charge on any atom is 0.326 e. The monoisotopic (exact) mass is 212 g/mol. The third kappa shape index (κ3) is 1.45. The molecule has 2 heterocycles. The van der Waals surface area contributed by atoms with Crippen molar-refractivity contribution in [3.63, 3.8) is 0 Å². The van der Waals surface area contributed by atoms with Crippen LogP contribution in [0.25, 0.3) is 0 Å². The maximum absolute atomic E-state index is 11.6. The normalized spacial score (nSPS) is 16.9. The number of urea groups is 1. The molecule has 76 valence electrons. The van der Waals surface area contributed by atoms with Gasteiger partial charge in [-0.25, -0.2) is 4.79 Å². The van der Waals surface area contributed by atoms with Gasteiger partial charge in [-0.05, 0) is 6.42 Å². The van der Waals surface area contributed by atoms with Crippen LogP contribution in [0.5, 0.6) is 0 Å².